The van der Waals surface area contributed by atoms with Gasteiger partial charge in [0.2, 0.25) is 5.95 Å². The number of anilines is 4. The number of ether oxygens (including phenoxy) is 1. The predicted octanol–water partition coefficient (Wildman–Crippen LogP) is 4.52. The van der Waals surface area contributed by atoms with Gasteiger partial charge in [0, 0.05) is 55.7 Å². The normalized spacial score (nSPS) is 14.6. The van der Waals surface area contributed by atoms with Gasteiger partial charge in [-0.3, -0.25) is 4.90 Å². The van der Waals surface area contributed by atoms with Crippen LogP contribution in [0.4, 0.5) is 23.1 Å². The summed E-state index contributed by atoms with van der Waals surface area (Å²) < 4.78 is 7.55. The van der Waals surface area contributed by atoms with Gasteiger partial charge < -0.3 is 24.8 Å². The van der Waals surface area contributed by atoms with Crippen molar-refractivity contribution in [2.45, 2.75) is 59.7 Å². The Labute approximate surface area is 208 Å². The summed E-state index contributed by atoms with van der Waals surface area (Å²) in [5.41, 5.74) is 3.78. The third-order valence-electron chi connectivity index (χ3n) is 6.47. The molecule has 9 heteroatoms. The second-order valence-corrected chi connectivity index (χ2v) is 9.94. The van der Waals surface area contributed by atoms with Crippen molar-refractivity contribution in [3.8, 4) is 0 Å². The SMILES string of the molecule is CC(C)N(CCNc1nc(Nc2ccc(N3CCOCC3)cc2)nc2c1ncn2C(C)C)C(C)C. The molecule has 0 bridgehead atoms. The molecular formula is C26H40N8O. The first-order valence-electron chi connectivity index (χ1n) is 12.8. The molecule has 35 heavy (non-hydrogen) atoms. The highest BCUT2D eigenvalue weighted by Crippen LogP contribution is 2.26. The lowest BCUT2D eigenvalue weighted by Crippen LogP contribution is -2.40. The molecule has 4 rings (SSSR count). The van der Waals surface area contributed by atoms with Crippen LogP contribution in [-0.2, 0) is 4.74 Å². The summed E-state index contributed by atoms with van der Waals surface area (Å²) in [6, 6.07) is 9.65. The second kappa shape index (κ2) is 11.2. The second-order valence-electron chi connectivity index (χ2n) is 9.94. The van der Waals surface area contributed by atoms with Crippen LogP contribution in [0.2, 0.25) is 0 Å². The van der Waals surface area contributed by atoms with Crippen LogP contribution in [-0.4, -0.2) is 75.9 Å². The highest BCUT2D eigenvalue weighted by Gasteiger charge is 2.17. The van der Waals surface area contributed by atoms with Gasteiger partial charge in [0.1, 0.15) is 0 Å². The summed E-state index contributed by atoms with van der Waals surface area (Å²) in [5.74, 6) is 1.32. The number of benzene rings is 1. The number of fused-ring (bicyclic) bond motifs is 1. The Morgan fingerprint density at radius 1 is 0.971 bits per heavy atom. The number of nitrogens with one attached hydrogen (secondary N) is 2. The molecule has 0 aliphatic carbocycles. The van der Waals surface area contributed by atoms with Crippen molar-refractivity contribution in [3.05, 3.63) is 30.6 Å². The summed E-state index contributed by atoms with van der Waals surface area (Å²) in [5, 5.41) is 6.93. The number of aromatic nitrogens is 4. The minimum absolute atomic E-state index is 0.251. The zero-order chi connectivity index (χ0) is 24.9. The number of hydrogen-bond donors (Lipinski definition) is 2. The summed E-state index contributed by atoms with van der Waals surface area (Å²) in [4.78, 5) is 19.1. The maximum Gasteiger partial charge on any atom is 0.231 e. The monoisotopic (exact) mass is 480 g/mol. The van der Waals surface area contributed by atoms with Gasteiger partial charge in [0.25, 0.3) is 0 Å². The van der Waals surface area contributed by atoms with E-state index in [9.17, 15) is 0 Å². The van der Waals surface area contributed by atoms with Gasteiger partial charge in [-0.15, -0.1) is 0 Å². The molecule has 1 fully saturated rings. The van der Waals surface area contributed by atoms with Gasteiger partial charge in [0.15, 0.2) is 17.0 Å². The molecule has 0 spiro atoms. The topological polar surface area (TPSA) is 83.4 Å². The molecule has 0 saturated carbocycles. The lowest BCUT2D eigenvalue weighted by molar-refractivity contribution is 0.122. The molecule has 0 unspecified atom stereocenters. The molecule has 2 aromatic heterocycles. The maximum atomic E-state index is 5.47. The van der Waals surface area contributed by atoms with Gasteiger partial charge in [0.05, 0.1) is 19.5 Å². The zero-order valence-electron chi connectivity index (χ0n) is 22.0. The molecule has 3 heterocycles. The first-order valence-corrected chi connectivity index (χ1v) is 12.8. The fraction of sp³-hybridized carbons (Fsp3) is 0.577. The number of rotatable bonds is 10. The molecule has 0 radical (unpaired) electrons. The molecule has 1 saturated heterocycles. The van der Waals surface area contributed by atoms with Crippen LogP contribution in [0.3, 0.4) is 0 Å². The van der Waals surface area contributed by atoms with Gasteiger partial charge in [-0.05, 0) is 65.8 Å². The van der Waals surface area contributed by atoms with Crippen LogP contribution in [0.15, 0.2) is 30.6 Å². The van der Waals surface area contributed by atoms with Crippen molar-refractivity contribution in [3.63, 3.8) is 0 Å². The summed E-state index contributed by atoms with van der Waals surface area (Å²) in [6.45, 7) is 18.3. The summed E-state index contributed by atoms with van der Waals surface area (Å²) >= 11 is 0. The van der Waals surface area contributed by atoms with Gasteiger partial charge in [-0.25, -0.2) is 4.98 Å². The number of nitrogens with zero attached hydrogens (tertiary/aromatic N) is 6. The first kappa shape index (κ1) is 25.2. The lowest BCUT2D eigenvalue weighted by atomic mass is 10.2. The minimum atomic E-state index is 0.251. The maximum absolute atomic E-state index is 5.47. The van der Waals surface area contributed by atoms with E-state index in [-0.39, 0.29) is 6.04 Å². The minimum Gasteiger partial charge on any atom is -0.378 e. The third-order valence-corrected chi connectivity index (χ3v) is 6.47. The van der Waals surface area contributed by atoms with Gasteiger partial charge in [-0.2, -0.15) is 9.97 Å². The quantitative estimate of drug-likeness (QED) is 0.438. The molecule has 0 atom stereocenters. The lowest BCUT2D eigenvalue weighted by Gasteiger charge is -2.30. The van der Waals surface area contributed by atoms with E-state index in [1.165, 1.54) is 5.69 Å². The smallest absolute Gasteiger partial charge is 0.231 e. The number of morpholine rings is 1. The van der Waals surface area contributed by atoms with E-state index < -0.39 is 0 Å². The number of hydrogen-bond acceptors (Lipinski definition) is 8. The number of imidazole rings is 1. The van der Waals surface area contributed by atoms with Crippen molar-refractivity contribution in [2.24, 2.45) is 0 Å². The largest absolute Gasteiger partial charge is 0.378 e. The van der Waals surface area contributed by atoms with Crippen LogP contribution in [0.25, 0.3) is 11.2 Å². The first-order chi connectivity index (χ1) is 16.8. The van der Waals surface area contributed by atoms with Crippen LogP contribution in [0.5, 0.6) is 0 Å². The molecular weight excluding hydrogens is 440 g/mol. The van der Waals surface area contributed by atoms with E-state index in [4.69, 9.17) is 14.7 Å². The fourth-order valence-electron chi connectivity index (χ4n) is 4.60. The highest BCUT2D eigenvalue weighted by molar-refractivity contribution is 5.84. The zero-order valence-corrected chi connectivity index (χ0v) is 22.0. The van der Waals surface area contributed by atoms with Crippen molar-refractivity contribution in [1.29, 1.82) is 0 Å². The molecule has 1 aliphatic heterocycles. The predicted molar refractivity (Wildman–Crippen MR) is 144 cm³/mol. The van der Waals surface area contributed by atoms with Crippen LogP contribution < -0.4 is 15.5 Å². The summed E-state index contributed by atoms with van der Waals surface area (Å²) in [6.07, 6.45) is 1.85. The van der Waals surface area contributed by atoms with Crippen molar-refractivity contribution in [2.75, 3.05) is 54.9 Å². The van der Waals surface area contributed by atoms with E-state index >= 15 is 0 Å². The average Bonchev–Trinajstić information content (AvgIpc) is 3.27. The van der Waals surface area contributed by atoms with E-state index in [0.29, 0.717) is 18.0 Å². The van der Waals surface area contributed by atoms with E-state index in [0.717, 1.165) is 62.1 Å². The van der Waals surface area contributed by atoms with Gasteiger partial charge >= 0.3 is 0 Å². The van der Waals surface area contributed by atoms with Crippen LogP contribution in [0, 0.1) is 0 Å². The molecule has 2 N–H and O–H groups in total. The van der Waals surface area contributed by atoms with Crippen molar-refractivity contribution < 1.29 is 4.74 Å². The van der Waals surface area contributed by atoms with Crippen molar-refractivity contribution >= 4 is 34.3 Å². The third kappa shape index (κ3) is 6.02. The molecule has 1 aromatic carbocycles. The van der Waals surface area contributed by atoms with E-state index in [2.05, 4.69) is 95.8 Å². The molecule has 3 aromatic rings. The standard InChI is InChI=1S/C26H40N8O/c1-18(2)33(19(3)4)12-11-27-24-23-25(34(17-28-23)20(5)6)31-26(30-24)29-21-7-9-22(10-8-21)32-13-15-35-16-14-32/h7-10,17-20H,11-16H2,1-6H3,(H2,27,29,30,31). The Balaban J connectivity index is 1.55. The summed E-state index contributed by atoms with van der Waals surface area (Å²) in [7, 11) is 0. The van der Waals surface area contributed by atoms with Crippen LogP contribution >= 0.6 is 0 Å². The Hall–Kier alpha value is -2.91. The average molecular weight is 481 g/mol. The fourth-order valence-corrected chi connectivity index (χ4v) is 4.60. The van der Waals surface area contributed by atoms with Gasteiger partial charge in [-0.1, -0.05) is 0 Å². The molecule has 9 nitrogen and oxygen atoms in total. The Morgan fingerprint density at radius 2 is 1.66 bits per heavy atom. The Kier molecular flexibility index (Phi) is 8.07. The van der Waals surface area contributed by atoms with E-state index in [1.807, 2.05) is 6.33 Å². The van der Waals surface area contributed by atoms with Crippen LogP contribution in [0.1, 0.15) is 47.6 Å². The van der Waals surface area contributed by atoms with Crippen molar-refractivity contribution in [1.82, 2.24) is 24.4 Å². The molecule has 1 aliphatic rings. The Morgan fingerprint density at radius 3 is 2.29 bits per heavy atom. The van der Waals surface area contributed by atoms with E-state index in [1.54, 1.807) is 0 Å². The molecule has 0 amide bonds. The molecule has 190 valence electrons. The highest BCUT2D eigenvalue weighted by atomic mass is 16.5. The Bertz CT molecular complexity index is 1080.